The summed E-state index contributed by atoms with van der Waals surface area (Å²) < 4.78 is 13.0. The van der Waals surface area contributed by atoms with Crippen molar-refractivity contribution in [3.63, 3.8) is 0 Å². The summed E-state index contributed by atoms with van der Waals surface area (Å²) in [4.78, 5) is 22.3. The zero-order chi connectivity index (χ0) is 12.6. The highest BCUT2D eigenvalue weighted by Gasteiger charge is 2.30. The van der Waals surface area contributed by atoms with Crippen molar-refractivity contribution >= 4 is 23.1 Å². The Balaban J connectivity index is 2.75. The Labute approximate surface area is 94.8 Å². The minimum absolute atomic E-state index is 0.0916. The van der Waals surface area contributed by atoms with Gasteiger partial charge in [-0.1, -0.05) is 0 Å². The number of hydrogen-bond acceptors (Lipinski definition) is 3. The summed E-state index contributed by atoms with van der Waals surface area (Å²) in [7, 11) is 0. The molecule has 1 aromatic rings. The van der Waals surface area contributed by atoms with Crippen LogP contribution in [0.25, 0.3) is 5.57 Å². The van der Waals surface area contributed by atoms with Gasteiger partial charge in [0, 0.05) is 11.3 Å². The fourth-order valence-electron chi connectivity index (χ4n) is 1.60. The van der Waals surface area contributed by atoms with Crippen LogP contribution >= 0.6 is 0 Å². The Hall–Kier alpha value is -2.68. The molecule has 0 saturated heterocycles. The molecule has 0 fully saturated rings. The highest BCUT2D eigenvalue weighted by molar-refractivity contribution is 6.35. The molecule has 84 valence electrons. The topological polar surface area (TPSA) is 90.2 Å². The van der Waals surface area contributed by atoms with Gasteiger partial charge in [0.1, 0.15) is 11.9 Å². The predicted octanol–water partition coefficient (Wildman–Crippen LogP) is 1.14. The molecule has 1 amide bonds. The van der Waals surface area contributed by atoms with Crippen LogP contribution in [-0.4, -0.2) is 17.0 Å². The number of carbonyl (C=O) groups is 2. The van der Waals surface area contributed by atoms with Crippen molar-refractivity contribution in [3.8, 4) is 6.07 Å². The van der Waals surface area contributed by atoms with Crippen molar-refractivity contribution in [2.45, 2.75) is 0 Å². The fraction of sp³-hybridized carbons (Fsp3) is 0. The molecule has 1 aliphatic heterocycles. The van der Waals surface area contributed by atoms with Gasteiger partial charge < -0.3 is 10.4 Å². The molecule has 0 radical (unpaired) electrons. The van der Waals surface area contributed by atoms with E-state index in [1.54, 1.807) is 0 Å². The highest BCUT2D eigenvalue weighted by atomic mass is 19.1. The molecule has 0 saturated carbocycles. The number of carbonyl (C=O) groups excluding carboxylic acids is 1. The average Bonchev–Trinajstić information content (AvgIpc) is 2.56. The Morgan fingerprint density at radius 1 is 1.47 bits per heavy atom. The minimum Gasteiger partial charge on any atom is -0.477 e. The maximum Gasteiger partial charge on any atom is 0.347 e. The van der Waals surface area contributed by atoms with Crippen LogP contribution in [0.15, 0.2) is 23.8 Å². The first-order valence-corrected chi connectivity index (χ1v) is 4.53. The number of aliphatic carboxylic acids is 1. The fourth-order valence-corrected chi connectivity index (χ4v) is 1.60. The van der Waals surface area contributed by atoms with Gasteiger partial charge in [-0.25, -0.2) is 9.18 Å². The first kappa shape index (κ1) is 10.8. The molecule has 5 nitrogen and oxygen atoms in total. The molecule has 0 atom stereocenters. The molecule has 0 bridgehead atoms. The smallest absolute Gasteiger partial charge is 0.347 e. The van der Waals surface area contributed by atoms with Gasteiger partial charge in [-0.05, 0) is 18.2 Å². The summed E-state index contributed by atoms with van der Waals surface area (Å²) in [6, 6.07) is 4.89. The van der Waals surface area contributed by atoms with Gasteiger partial charge in [0.05, 0.1) is 5.57 Å². The zero-order valence-corrected chi connectivity index (χ0v) is 8.32. The Morgan fingerprint density at radius 2 is 2.18 bits per heavy atom. The van der Waals surface area contributed by atoms with Crippen molar-refractivity contribution in [2.24, 2.45) is 0 Å². The van der Waals surface area contributed by atoms with E-state index in [0.29, 0.717) is 5.69 Å². The summed E-state index contributed by atoms with van der Waals surface area (Å²) in [5.74, 6) is -2.85. The largest absolute Gasteiger partial charge is 0.477 e. The van der Waals surface area contributed by atoms with Crippen molar-refractivity contribution in [1.29, 1.82) is 5.26 Å². The molecule has 0 aliphatic carbocycles. The molecule has 2 rings (SSSR count). The van der Waals surface area contributed by atoms with Crippen LogP contribution < -0.4 is 5.32 Å². The number of carboxylic acids is 1. The molecule has 1 heterocycles. The van der Waals surface area contributed by atoms with E-state index in [1.807, 2.05) is 0 Å². The standard InChI is InChI=1S/C11H5FN2O3/c12-5-1-2-8-6(3-5)9(10(15)14-8)7(4-13)11(16)17/h1-3H,(H,14,15)(H,16,17)/b9-7+. The third-order valence-electron chi connectivity index (χ3n) is 2.30. The van der Waals surface area contributed by atoms with Crippen LogP contribution in [0.5, 0.6) is 0 Å². The molecule has 0 unspecified atom stereocenters. The third kappa shape index (κ3) is 1.63. The molecular formula is C11H5FN2O3. The number of nitrogens with one attached hydrogen (secondary N) is 1. The number of fused-ring (bicyclic) bond motifs is 1. The van der Waals surface area contributed by atoms with E-state index in [4.69, 9.17) is 10.4 Å². The predicted molar refractivity (Wildman–Crippen MR) is 55.2 cm³/mol. The molecule has 6 heteroatoms. The summed E-state index contributed by atoms with van der Waals surface area (Å²) in [5, 5.41) is 19.9. The maximum absolute atomic E-state index is 13.0. The van der Waals surface area contributed by atoms with Crippen LogP contribution in [0, 0.1) is 17.1 Å². The molecule has 0 spiro atoms. The highest BCUT2D eigenvalue weighted by Crippen LogP contribution is 2.34. The van der Waals surface area contributed by atoms with E-state index in [1.165, 1.54) is 12.1 Å². The Bertz CT molecular complexity index is 614. The molecule has 1 aromatic carbocycles. The van der Waals surface area contributed by atoms with Gasteiger partial charge >= 0.3 is 5.97 Å². The number of carboxylic acid groups (broad SMARTS) is 1. The van der Waals surface area contributed by atoms with Gasteiger partial charge in [0.25, 0.3) is 5.91 Å². The van der Waals surface area contributed by atoms with Crippen molar-refractivity contribution in [3.05, 3.63) is 35.2 Å². The van der Waals surface area contributed by atoms with E-state index < -0.39 is 23.3 Å². The first-order chi connectivity index (χ1) is 8.04. The number of nitrogens with zero attached hydrogens (tertiary/aromatic N) is 1. The quantitative estimate of drug-likeness (QED) is 0.561. The summed E-state index contributed by atoms with van der Waals surface area (Å²) in [6.45, 7) is 0. The number of hydrogen-bond donors (Lipinski definition) is 2. The van der Waals surface area contributed by atoms with E-state index in [0.717, 1.165) is 12.1 Å². The number of nitriles is 1. The maximum atomic E-state index is 13.0. The third-order valence-corrected chi connectivity index (χ3v) is 2.30. The van der Waals surface area contributed by atoms with Crippen LogP contribution in [-0.2, 0) is 9.59 Å². The van der Waals surface area contributed by atoms with Crippen LogP contribution in [0.1, 0.15) is 5.56 Å². The van der Waals surface area contributed by atoms with Crippen LogP contribution in [0.4, 0.5) is 10.1 Å². The van der Waals surface area contributed by atoms with Crippen molar-refractivity contribution in [2.75, 3.05) is 5.32 Å². The lowest BCUT2D eigenvalue weighted by Gasteiger charge is -1.99. The summed E-state index contributed by atoms with van der Waals surface area (Å²) in [6.07, 6.45) is 0. The molecule has 1 aliphatic rings. The van der Waals surface area contributed by atoms with Crippen molar-refractivity contribution < 1.29 is 19.1 Å². The zero-order valence-electron chi connectivity index (χ0n) is 8.32. The lowest BCUT2D eigenvalue weighted by molar-refractivity contribution is -0.132. The SMILES string of the molecule is N#C/C(C(=O)O)=C1\C(=O)Nc2ccc(F)cc21. The number of anilines is 1. The van der Waals surface area contributed by atoms with E-state index in [-0.39, 0.29) is 11.1 Å². The lowest BCUT2D eigenvalue weighted by atomic mass is 10.0. The molecule has 17 heavy (non-hydrogen) atoms. The summed E-state index contributed by atoms with van der Waals surface area (Å²) >= 11 is 0. The van der Waals surface area contributed by atoms with Gasteiger partial charge in [0.2, 0.25) is 0 Å². The van der Waals surface area contributed by atoms with Gasteiger partial charge in [-0.15, -0.1) is 0 Å². The Morgan fingerprint density at radius 3 is 2.76 bits per heavy atom. The van der Waals surface area contributed by atoms with E-state index in [9.17, 15) is 14.0 Å². The second kappa shape index (κ2) is 3.72. The lowest BCUT2D eigenvalue weighted by Crippen LogP contribution is -2.09. The molecule has 2 N–H and O–H groups in total. The second-order valence-electron chi connectivity index (χ2n) is 3.31. The Kier molecular flexibility index (Phi) is 2.37. The van der Waals surface area contributed by atoms with Crippen molar-refractivity contribution in [1.82, 2.24) is 0 Å². The van der Waals surface area contributed by atoms with Gasteiger partial charge in [0.15, 0.2) is 5.57 Å². The minimum atomic E-state index is -1.52. The summed E-state index contributed by atoms with van der Waals surface area (Å²) in [5.41, 5.74) is -0.629. The second-order valence-corrected chi connectivity index (χ2v) is 3.31. The van der Waals surface area contributed by atoms with Gasteiger partial charge in [-0.2, -0.15) is 5.26 Å². The van der Waals surface area contributed by atoms with Crippen LogP contribution in [0.3, 0.4) is 0 Å². The monoisotopic (exact) mass is 232 g/mol. The first-order valence-electron chi connectivity index (χ1n) is 4.53. The number of benzene rings is 1. The van der Waals surface area contributed by atoms with E-state index in [2.05, 4.69) is 5.32 Å². The average molecular weight is 232 g/mol. The van der Waals surface area contributed by atoms with E-state index >= 15 is 0 Å². The van der Waals surface area contributed by atoms with Crippen LogP contribution in [0.2, 0.25) is 0 Å². The number of rotatable bonds is 1. The number of halogens is 1. The normalized spacial score (nSPS) is 15.9. The number of amides is 1. The molecule has 0 aromatic heterocycles. The van der Waals surface area contributed by atoms with Gasteiger partial charge in [-0.3, -0.25) is 4.79 Å². The molecular weight excluding hydrogens is 227 g/mol.